The molecule has 2 amide bonds. The minimum absolute atomic E-state index is 0.0856. The molecule has 0 saturated carbocycles. The number of carbonyl (C=O) groups excluding carboxylic acids is 2. The average molecular weight is 477 g/mol. The van der Waals surface area contributed by atoms with E-state index in [2.05, 4.69) is 15.5 Å². The lowest BCUT2D eigenvalue weighted by atomic mass is 10.1. The molecular weight excluding hydrogens is 460 g/mol. The van der Waals surface area contributed by atoms with Gasteiger partial charge in [-0.1, -0.05) is 59.0 Å². The fourth-order valence-electron chi connectivity index (χ4n) is 3.00. The number of thioether (sulfide) groups is 2. The minimum Gasteiger partial charge on any atom is -0.322 e. The molecule has 6 nitrogen and oxygen atoms in total. The zero-order chi connectivity index (χ0) is 21.1. The Labute approximate surface area is 191 Å². The molecular formula is C20H17ClN4O2S3. The van der Waals surface area contributed by atoms with Gasteiger partial charge in [0, 0.05) is 17.1 Å². The molecule has 1 saturated heterocycles. The number of rotatable bonds is 6. The van der Waals surface area contributed by atoms with E-state index in [0.29, 0.717) is 28.0 Å². The molecule has 1 aliphatic heterocycles. The summed E-state index contributed by atoms with van der Waals surface area (Å²) in [6, 6.07) is 14.8. The van der Waals surface area contributed by atoms with Crippen molar-refractivity contribution in [1.82, 2.24) is 15.1 Å². The Morgan fingerprint density at radius 1 is 1.20 bits per heavy atom. The molecule has 1 N–H and O–H groups in total. The summed E-state index contributed by atoms with van der Waals surface area (Å²) in [5, 5.41) is 11.8. The van der Waals surface area contributed by atoms with Gasteiger partial charge in [-0.25, -0.2) is 0 Å². The van der Waals surface area contributed by atoms with Gasteiger partial charge in [-0.15, -0.1) is 22.0 Å². The van der Waals surface area contributed by atoms with Crippen molar-refractivity contribution in [3.05, 3.63) is 70.2 Å². The third kappa shape index (κ3) is 4.80. The van der Waals surface area contributed by atoms with Crippen molar-refractivity contribution >= 4 is 63.4 Å². The zero-order valence-electron chi connectivity index (χ0n) is 15.9. The second kappa shape index (κ2) is 9.38. The predicted molar refractivity (Wildman–Crippen MR) is 123 cm³/mol. The Morgan fingerprint density at radius 2 is 1.93 bits per heavy atom. The number of nitrogens with zero attached hydrogens (tertiary/aromatic N) is 3. The van der Waals surface area contributed by atoms with Gasteiger partial charge in [-0.2, -0.15) is 0 Å². The number of nitrogens with one attached hydrogen (secondary N) is 1. The third-order valence-corrected chi connectivity index (χ3v) is 7.82. The second-order valence-corrected chi connectivity index (χ2v) is 10.0. The van der Waals surface area contributed by atoms with Gasteiger partial charge in [0.2, 0.25) is 11.0 Å². The summed E-state index contributed by atoms with van der Waals surface area (Å²) in [5.74, 6) is 0.302. The molecule has 154 valence electrons. The molecule has 0 unspecified atom stereocenters. The lowest BCUT2D eigenvalue weighted by molar-refractivity contribution is -0.128. The van der Waals surface area contributed by atoms with Crippen LogP contribution in [-0.4, -0.2) is 38.9 Å². The number of amides is 2. The summed E-state index contributed by atoms with van der Waals surface area (Å²) in [5.41, 5.74) is 2.54. The molecule has 1 atom stereocenters. The fourth-order valence-corrected chi connectivity index (χ4v) is 5.48. The van der Waals surface area contributed by atoms with Crippen LogP contribution in [0.25, 0.3) is 0 Å². The van der Waals surface area contributed by atoms with Crippen molar-refractivity contribution in [3.63, 3.8) is 0 Å². The molecule has 1 aromatic heterocycles. The predicted octanol–water partition coefficient (Wildman–Crippen LogP) is 4.94. The van der Waals surface area contributed by atoms with Gasteiger partial charge >= 0.3 is 0 Å². The van der Waals surface area contributed by atoms with Crippen LogP contribution >= 0.6 is 46.5 Å². The Bertz CT molecular complexity index is 1060. The quantitative estimate of drug-likeness (QED) is 0.401. The van der Waals surface area contributed by atoms with Crippen LogP contribution in [-0.2, 0) is 11.3 Å². The van der Waals surface area contributed by atoms with Crippen LogP contribution in [0.3, 0.4) is 0 Å². The number of hydrogen-bond donors (Lipinski definition) is 1. The summed E-state index contributed by atoms with van der Waals surface area (Å²) < 4.78 is 0.796. The highest BCUT2D eigenvalue weighted by Gasteiger charge is 2.32. The topological polar surface area (TPSA) is 75.2 Å². The van der Waals surface area contributed by atoms with Crippen LogP contribution in [0.2, 0.25) is 5.02 Å². The van der Waals surface area contributed by atoms with Crippen molar-refractivity contribution in [1.29, 1.82) is 0 Å². The number of carbonyl (C=O) groups is 2. The Kier molecular flexibility index (Phi) is 6.62. The van der Waals surface area contributed by atoms with Gasteiger partial charge in [0.15, 0.2) is 4.34 Å². The summed E-state index contributed by atoms with van der Waals surface area (Å²) in [6.07, 6.45) is 1.91. The van der Waals surface area contributed by atoms with E-state index in [4.69, 9.17) is 11.6 Å². The molecule has 4 rings (SSSR count). The number of hydrogen-bond acceptors (Lipinski definition) is 7. The molecule has 30 heavy (non-hydrogen) atoms. The third-order valence-electron chi connectivity index (χ3n) is 4.49. The van der Waals surface area contributed by atoms with Crippen LogP contribution < -0.4 is 5.32 Å². The van der Waals surface area contributed by atoms with Crippen LogP contribution in [0.1, 0.15) is 26.9 Å². The fraction of sp³-hybridized carbons (Fsp3) is 0.200. The number of aromatic nitrogens is 2. The molecule has 1 fully saturated rings. The zero-order valence-corrected chi connectivity index (χ0v) is 19.1. The first-order chi connectivity index (χ1) is 14.5. The van der Waals surface area contributed by atoms with Gasteiger partial charge in [0.1, 0.15) is 5.37 Å². The lowest BCUT2D eigenvalue weighted by Crippen LogP contribution is -2.27. The Hall–Kier alpha value is -2.07. The Balaban J connectivity index is 1.46. The lowest BCUT2D eigenvalue weighted by Gasteiger charge is -2.24. The Morgan fingerprint density at radius 3 is 2.60 bits per heavy atom. The molecule has 0 bridgehead atoms. The first kappa shape index (κ1) is 21.2. The average Bonchev–Trinajstić information content (AvgIpc) is 3.36. The van der Waals surface area contributed by atoms with E-state index in [1.165, 1.54) is 23.1 Å². The normalized spacial score (nSPS) is 16.1. The largest absolute Gasteiger partial charge is 0.322 e. The second-order valence-electron chi connectivity index (χ2n) is 6.46. The van der Waals surface area contributed by atoms with Gasteiger partial charge < -0.3 is 4.90 Å². The van der Waals surface area contributed by atoms with Gasteiger partial charge in [-0.05, 0) is 41.6 Å². The molecule has 2 heterocycles. The van der Waals surface area contributed by atoms with Gasteiger partial charge in [0.25, 0.3) is 5.91 Å². The monoisotopic (exact) mass is 476 g/mol. The van der Waals surface area contributed by atoms with Crippen molar-refractivity contribution < 1.29 is 9.59 Å². The number of benzene rings is 2. The summed E-state index contributed by atoms with van der Waals surface area (Å²) in [7, 11) is 0. The first-order valence-electron chi connectivity index (χ1n) is 8.98. The summed E-state index contributed by atoms with van der Waals surface area (Å²) >= 11 is 10.4. The maximum Gasteiger partial charge on any atom is 0.257 e. The SMILES string of the molecule is CSc1nnc(NC(=O)c2ccc([C@H]3SCC(=O)N3Cc3ccc(Cl)cc3)cc2)s1. The van der Waals surface area contributed by atoms with E-state index in [1.54, 1.807) is 23.9 Å². The molecule has 3 aromatic rings. The molecule has 10 heteroatoms. The van der Waals surface area contributed by atoms with Crippen molar-refractivity contribution in [2.45, 2.75) is 16.3 Å². The van der Waals surface area contributed by atoms with Crippen LogP contribution in [0, 0.1) is 0 Å². The van der Waals surface area contributed by atoms with E-state index in [-0.39, 0.29) is 17.2 Å². The van der Waals surface area contributed by atoms with Crippen LogP contribution in [0.5, 0.6) is 0 Å². The molecule has 0 spiro atoms. The summed E-state index contributed by atoms with van der Waals surface area (Å²) in [6.45, 7) is 0.519. The van der Waals surface area contributed by atoms with Crippen LogP contribution in [0.4, 0.5) is 5.13 Å². The van der Waals surface area contributed by atoms with Crippen molar-refractivity contribution in [2.75, 3.05) is 17.3 Å². The van der Waals surface area contributed by atoms with E-state index in [1.807, 2.05) is 47.6 Å². The minimum atomic E-state index is -0.237. The van der Waals surface area contributed by atoms with Gasteiger partial charge in [0.05, 0.1) is 5.75 Å². The smallest absolute Gasteiger partial charge is 0.257 e. The molecule has 0 aliphatic carbocycles. The maximum absolute atomic E-state index is 12.5. The molecule has 1 aliphatic rings. The highest BCUT2D eigenvalue weighted by Crippen LogP contribution is 2.39. The van der Waals surface area contributed by atoms with E-state index in [0.717, 1.165) is 15.5 Å². The summed E-state index contributed by atoms with van der Waals surface area (Å²) in [4.78, 5) is 26.8. The van der Waals surface area contributed by atoms with E-state index in [9.17, 15) is 9.59 Å². The maximum atomic E-state index is 12.5. The van der Waals surface area contributed by atoms with Crippen LogP contribution in [0.15, 0.2) is 52.9 Å². The standard InChI is InChI=1S/C20H17ClN4O2S3/c1-28-20-24-23-19(30-20)22-17(27)13-4-6-14(7-5-13)18-25(16(26)11-29-18)10-12-2-8-15(21)9-3-12/h2-9,18H,10-11H2,1H3,(H,22,23,27)/t18-/m1/s1. The number of halogens is 1. The molecule has 2 aromatic carbocycles. The highest BCUT2D eigenvalue weighted by atomic mass is 35.5. The van der Waals surface area contributed by atoms with Crippen molar-refractivity contribution in [2.24, 2.45) is 0 Å². The van der Waals surface area contributed by atoms with Gasteiger partial charge in [-0.3, -0.25) is 14.9 Å². The molecule has 0 radical (unpaired) electrons. The van der Waals surface area contributed by atoms with E-state index >= 15 is 0 Å². The highest BCUT2D eigenvalue weighted by molar-refractivity contribution is 8.00. The van der Waals surface area contributed by atoms with E-state index < -0.39 is 0 Å². The first-order valence-corrected chi connectivity index (χ1v) is 12.4. The van der Waals surface area contributed by atoms with Crippen molar-refractivity contribution in [3.8, 4) is 0 Å². The number of anilines is 1.